The van der Waals surface area contributed by atoms with E-state index in [-0.39, 0.29) is 11.2 Å². The SMILES string of the molecule is Cc1cccc(C(=O)c2ccc(C(C)(C)C)cc2)c1Br. The number of benzene rings is 2. The van der Waals surface area contributed by atoms with Crippen molar-refractivity contribution in [2.24, 2.45) is 0 Å². The van der Waals surface area contributed by atoms with Crippen LogP contribution in [0.5, 0.6) is 0 Å². The predicted molar refractivity (Wildman–Crippen MR) is 87.5 cm³/mol. The second-order valence-electron chi connectivity index (χ2n) is 6.09. The number of hydrogen-bond donors (Lipinski definition) is 0. The molecule has 0 aromatic heterocycles. The van der Waals surface area contributed by atoms with Crippen molar-refractivity contribution >= 4 is 21.7 Å². The van der Waals surface area contributed by atoms with Crippen LogP contribution in [0.15, 0.2) is 46.9 Å². The van der Waals surface area contributed by atoms with Gasteiger partial charge in [-0.15, -0.1) is 0 Å². The third-order valence-corrected chi connectivity index (χ3v) is 4.50. The summed E-state index contributed by atoms with van der Waals surface area (Å²) in [7, 11) is 0. The molecular formula is C18H19BrO. The van der Waals surface area contributed by atoms with Crippen molar-refractivity contribution in [3.05, 3.63) is 69.2 Å². The van der Waals surface area contributed by atoms with Crippen LogP contribution in [0.4, 0.5) is 0 Å². The van der Waals surface area contributed by atoms with E-state index in [4.69, 9.17) is 0 Å². The van der Waals surface area contributed by atoms with E-state index < -0.39 is 0 Å². The molecule has 0 aliphatic carbocycles. The normalized spacial score (nSPS) is 11.4. The van der Waals surface area contributed by atoms with Crippen LogP contribution < -0.4 is 0 Å². The molecule has 104 valence electrons. The quantitative estimate of drug-likeness (QED) is 0.684. The first kappa shape index (κ1) is 15.0. The molecule has 20 heavy (non-hydrogen) atoms. The van der Waals surface area contributed by atoms with Crippen molar-refractivity contribution in [2.45, 2.75) is 33.1 Å². The minimum atomic E-state index is 0.0565. The number of hydrogen-bond acceptors (Lipinski definition) is 1. The molecule has 0 aliphatic rings. The van der Waals surface area contributed by atoms with Crippen molar-refractivity contribution < 1.29 is 4.79 Å². The Hall–Kier alpha value is -1.41. The predicted octanol–water partition coefficient (Wildman–Crippen LogP) is 5.29. The highest BCUT2D eigenvalue weighted by atomic mass is 79.9. The van der Waals surface area contributed by atoms with Crippen LogP contribution >= 0.6 is 15.9 Å². The average molecular weight is 331 g/mol. The lowest BCUT2D eigenvalue weighted by atomic mass is 9.86. The van der Waals surface area contributed by atoms with Crippen molar-refractivity contribution in [3.63, 3.8) is 0 Å². The second-order valence-corrected chi connectivity index (χ2v) is 6.89. The lowest BCUT2D eigenvalue weighted by Gasteiger charge is -2.19. The van der Waals surface area contributed by atoms with E-state index in [2.05, 4.69) is 36.7 Å². The Morgan fingerprint density at radius 1 is 1.00 bits per heavy atom. The smallest absolute Gasteiger partial charge is 0.194 e. The van der Waals surface area contributed by atoms with E-state index in [0.29, 0.717) is 5.56 Å². The van der Waals surface area contributed by atoms with Gasteiger partial charge in [-0.3, -0.25) is 4.79 Å². The summed E-state index contributed by atoms with van der Waals surface area (Å²) in [5.41, 5.74) is 3.85. The summed E-state index contributed by atoms with van der Waals surface area (Å²) < 4.78 is 0.880. The molecule has 0 bridgehead atoms. The van der Waals surface area contributed by atoms with E-state index in [9.17, 15) is 4.79 Å². The Bertz CT molecular complexity index is 633. The molecule has 0 N–H and O–H groups in total. The fraction of sp³-hybridized carbons (Fsp3) is 0.278. The van der Waals surface area contributed by atoms with Crippen LogP contribution in [0.1, 0.15) is 47.8 Å². The van der Waals surface area contributed by atoms with Crippen LogP contribution in [0.2, 0.25) is 0 Å². The Morgan fingerprint density at radius 3 is 2.15 bits per heavy atom. The van der Waals surface area contributed by atoms with Gasteiger partial charge >= 0.3 is 0 Å². The van der Waals surface area contributed by atoms with Crippen molar-refractivity contribution in [3.8, 4) is 0 Å². The lowest BCUT2D eigenvalue weighted by Crippen LogP contribution is -2.11. The molecule has 2 aromatic rings. The first-order valence-corrected chi connectivity index (χ1v) is 7.50. The van der Waals surface area contributed by atoms with Crippen molar-refractivity contribution in [1.29, 1.82) is 0 Å². The topological polar surface area (TPSA) is 17.1 Å². The maximum atomic E-state index is 12.6. The van der Waals surface area contributed by atoms with Gasteiger partial charge in [0.05, 0.1) is 0 Å². The summed E-state index contributed by atoms with van der Waals surface area (Å²) in [5, 5.41) is 0. The largest absolute Gasteiger partial charge is 0.289 e. The number of aryl methyl sites for hydroxylation is 1. The molecule has 1 nitrogen and oxygen atoms in total. The standard InChI is InChI=1S/C18H19BrO/c1-12-6-5-7-15(16(12)19)17(20)13-8-10-14(11-9-13)18(2,3)4/h5-11H,1-4H3. The van der Waals surface area contributed by atoms with Gasteiger partial charge in [0.2, 0.25) is 0 Å². The third-order valence-electron chi connectivity index (χ3n) is 3.45. The molecule has 0 amide bonds. The highest BCUT2D eigenvalue weighted by Gasteiger charge is 2.16. The zero-order valence-corrected chi connectivity index (χ0v) is 13.9. The summed E-state index contributed by atoms with van der Waals surface area (Å²) >= 11 is 3.50. The van der Waals surface area contributed by atoms with Crippen molar-refractivity contribution in [2.75, 3.05) is 0 Å². The summed E-state index contributed by atoms with van der Waals surface area (Å²) in [6, 6.07) is 13.7. The molecule has 0 atom stereocenters. The van der Waals surface area contributed by atoms with Gasteiger partial charge < -0.3 is 0 Å². The Kier molecular flexibility index (Phi) is 4.14. The fourth-order valence-corrected chi connectivity index (χ4v) is 2.54. The number of ketones is 1. The molecule has 0 unspecified atom stereocenters. The molecule has 2 rings (SSSR count). The molecule has 0 fully saturated rings. The Labute approximate surface area is 129 Å². The van der Waals surface area contributed by atoms with Crippen molar-refractivity contribution in [1.82, 2.24) is 0 Å². The first-order valence-electron chi connectivity index (χ1n) is 6.71. The van der Waals surface area contributed by atoms with Crippen LogP contribution in [-0.2, 0) is 5.41 Å². The van der Waals surface area contributed by atoms with Crippen LogP contribution in [0, 0.1) is 6.92 Å². The Balaban J connectivity index is 2.37. The van der Waals surface area contributed by atoms with Gasteiger partial charge in [0.25, 0.3) is 0 Å². The van der Waals surface area contributed by atoms with Gasteiger partial charge in [-0.2, -0.15) is 0 Å². The lowest BCUT2D eigenvalue weighted by molar-refractivity contribution is 0.103. The van der Waals surface area contributed by atoms with Gasteiger partial charge in [-0.1, -0.05) is 57.2 Å². The first-order chi connectivity index (χ1) is 9.30. The second kappa shape index (κ2) is 5.53. The summed E-state index contributed by atoms with van der Waals surface area (Å²) in [6.45, 7) is 8.49. The summed E-state index contributed by atoms with van der Waals surface area (Å²) in [5.74, 6) is 0.0565. The van der Waals surface area contributed by atoms with Crippen LogP contribution in [0.3, 0.4) is 0 Å². The highest BCUT2D eigenvalue weighted by molar-refractivity contribution is 9.10. The molecule has 0 spiro atoms. The van der Waals surface area contributed by atoms with E-state index in [1.807, 2.05) is 49.4 Å². The molecule has 0 heterocycles. The molecule has 0 radical (unpaired) electrons. The van der Waals surface area contributed by atoms with Gasteiger partial charge in [0.1, 0.15) is 0 Å². The van der Waals surface area contributed by atoms with E-state index >= 15 is 0 Å². The molecule has 0 saturated heterocycles. The molecule has 2 aromatic carbocycles. The zero-order chi connectivity index (χ0) is 14.9. The monoisotopic (exact) mass is 330 g/mol. The van der Waals surface area contributed by atoms with Gasteiger partial charge in [-0.25, -0.2) is 0 Å². The number of halogens is 1. The van der Waals surface area contributed by atoms with Gasteiger partial charge in [-0.05, 0) is 45.5 Å². The molecular weight excluding hydrogens is 312 g/mol. The molecule has 2 heteroatoms. The maximum absolute atomic E-state index is 12.6. The maximum Gasteiger partial charge on any atom is 0.194 e. The Morgan fingerprint density at radius 2 is 1.60 bits per heavy atom. The van der Waals surface area contributed by atoms with E-state index in [1.165, 1.54) is 5.56 Å². The highest BCUT2D eigenvalue weighted by Crippen LogP contribution is 2.26. The van der Waals surface area contributed by atoms with Gasteiger partial charge in [0, 0.05) is 15.6 Å². The van der Waals surface area contributed by atoms with E-state index in [1.54, 1.807) is 0 Å². The van der Waals surface area contributed by atoms with E-state index in [0.717, 1.165) is 15.6 Å². The fourth-order valence-electron chi connectivity index (χ4n) is 2.10. The minimum Gasteiger partial charge on any atom is -0.289 e. The molecule has 0 saturated carbocycles. The summed E-state index contributed by atoms with van der Waals surface area (Å²) in [6.07, 6.45) is 0. The average Bonchev–Trinajstić information content (AvgIpc) is 2.40. The van der Waals surface area contributed by atoms with Crippen LogP contribution in [0.25, 0.3) is 0 Å². The molecule has 0 aliphatic heterocycles. The number of carbonyl (C=O) groups is 1. The number of rotatable bonds is 2. The van der Waals surface area contributed by atoms with Gasteiger partial charge in [0.15, 0.2) is 5.78 Å². The third kappa shape index (κ3) is 3.01. The van der Waals surface area contributed by atoms with Crippen LogP contribution in [-0.4, -0.2) is 5.78 Å². The minimum absolute atomic E-state index is 0.0565. The summed E-state index contributed by atoms with van der Waals surface area (Å²) in [4.78, 5) is 12.6. The zero-order valence-electron chi connectivity index (χ0n) is 12.3. The number of carbonyl (C=O) groups excluding carboxylic acids is 1.